The molecule has 0 fully saturated rings. The van der Waals surface area contributed by atoms with Crippen LogP contribution in [0.5, 0.6) is 0 Å². The summed E-state index contributed by atoms with van der Waals surface area (Å²) in [5.74, 6) is -0.310. The molecule has 0 aliphatic carbocycles. The van der Waals surface area contributed by atoms with Crippen LogP contribution in [0.15, 0.2) is 78.9 Å². The predicted molar refractivity (Wildman–Crippen MR) is 115 cm³/mol. The fourth-order valence-corrected chi connectivity index (χ4v) is 4.69. The van der Waals surface area contributed by atoms with Crippen molar-refractivity contribution >= 4 is 60.7 Å². The number of benzene rings is 2. The maximum absolute atomic E-state index is 12.6. The highest BCUT2D eigenvalue weighted by molar-refractivity contribution is 9.10. The molecule has 2 N–H and O–H groups in total. The molecule has 1 heterocycles. The molecule has 2 aromatic carbocycles. The summed E-state index contributed by atoms with van der Waals surface area (Å²) in [5.41, 5.74) is -0.195. The zero-order valence-electron chi connectivity index (χ0n) is 14.6. The average molecular weight is 515 g/mol. The van der Waals surface area contributed by atoms with Crippen molar-refractivity contribution in [2.45, 2.75) is 14.9 Å². The summed E-state index contributed by atoms with van der Waals surface area (Å²) in [4.78, 5) is 30.1. The number of nitrogens with one attached hydrogen (secondary N) is 2. The van der Waals surface area contributed by atoms with Crippen molar-refractivity contribution in [1.82, 2.24) is 9.97 Å². The summed E-state index contributed by atoms with van der Waals surface area (Å²) in [7, 11) is -4.07. The summed E-state index contributed by atoms with van der Waals surface area (Å²) in [5, 5.41) is 3.07. The van der Waals surface area contributed by atoms with Gasteiger partial charge in [0.2, 0.25) is 15.7 Å². The second-order valence-electron chi connectivity index (χ2n) is 5.69. The lowest BCUT2D eigenvalue weighted by Crippen LogP contribution is -2.20. The molecule has 3 rings (SSSR count). The van der Waals surface area contributed by atoms with Crippen molar-refractivity contribution in [2.24, 2.45) is 0 Å². The molecule has 7 nitrogen and oxygen atoms in total. The minimum absolute atomic E-state index is 0.0145. The zero-order valence-corrected chi connectivity index (χ0v) is 18.5. The fraction of sp³-hybridized carbons (Fsp3) is 0.0556. The highest BCUT2D eigenvalue weighted by Gasteiger charge is 2.22. The number of carbonyl (C=O) groups excluding carboxylic acids is 1. The topological polar surface area (TPSA) is 109 Å². The molecule has 11 heteroatoms. The number of halogens is 2. The van der Waals surface area contributed by atoms with Gasteiger partial charge in [0.1, 0.15) is 0 Å². The van der Waals surface area contributed by atoms with E-state index in [4.69, 9.17) is 11.6 Å². The number of sulfone groups is 1. The van der Waals surface area contributed by atoms with Gasteiger partial charge in [-0.2, -0.15) is 0 Å². The van der Waals surface area contributed by atoms with Crippen LogP contribution in [0.2, 0.25) is 5.02 Å². The van der Waals surface area contributed by atoms with Crippen LogP contribution < -0.4 is 10.9 Å². The van der Waals surface area contributed by atoms with Gasteiger partial charge in [-0.25, -0.2) is 13.4 Å². The van der Waals surface area contributed by atoms with E-state index in [1.807, 2.05) is 0 Å². The van der Waals surface area contributed by atoms with E-state index in [1.54, 1.807) is 24.3 Å². The lowest BCUT2D eigenvalue weighted by molar-refractivity contribution is -0.113. The van der Waals surface area contributed by atoms with Gasteiger partial charge in [0.25, 0.3) is 5.56 Å². The van der Waals surface area contributed by atoms with Crippen LogP contribution in [0.4, 0.5) is 5.69 Å². The molecule has 3 aromatic rings. The lowest BCUT2D eigenvalue weighted by atomic mass is 10.3. The molecule has 0 saturated carbocycles. The maximum Gasteiger partial charge on any atom is 0.270 e. The number of hydrogen-bond donors (Lipinski definition) is 2. The fourth-order valence-electron chi connectivity index (χ4n) is 2.26. The van der Waals surface area contributed by atoms with Gasteiger partial charge < -0.3 is 10.3 Å². The summed E-state index contributed by atoms with van der Waals surface area (Å²) < 4.78 is 26.1. The number of H-pyrrole nitrogens is 1. The third-order valence-corrected chi connectivity index (χ3v) is 7.00. The molecule has 1 amide bonds. The number of hydrogen-bond acceptors (Lipinski definition) is 6. The minimum Gasteiger partial charge on any atom is -0.325 e. The van der Waals surface area contributed by atoms with E-state index >= 15 is 0 Å². The summed E-state index contributed by atoms with van der Waals surface area (Å²) in [6.45, 7) is 0. The van der Waals surface area contributed by atoms with E-state index in [0.29, 0.717) is 5.69 Å². The Morgan fingerprint density at radius 2 is 1.93 bits per heavy atom. The molecule has 0 saturated heterocycles. The Morgan fingerprint density at radius 3 is 2.59 bits per heavy atom. The SMILES string of the molecule is O=C(CSc1ncc(S(=O)(=O)c2cccc(Cl)c2)c(=O)[nH]1)Nc1ccc(Br)cc1. The lowest BCUT2D eigenvalue weighted by Gasteiger charge is -2.06. The first kappa shape index (κ1) is 21.6. The molecule has 1 aromatic heterocycles. The third-order valence-electron chi connectivity index (χ3n) is 3.61. The van der Waals surface area contributed by atoms with Crippen LogP contribution in [0, 0.1) is 0 Å². The molecule has 29 heavy (non-hydrogen) atoms. The number of aromatic amines is 1. The number of rotatable bonds is 6. The first-order valence-corrected chi connectivity index (χ1v) is 11.7. The van der Waals surface area contributed by atoms with Crippen LogP contribution in [0.3, 0.4) is 0 Å². The molecule has 0 aliphatic rings. The van der Waals surface area contributed by atoms with Crippen molar-refractivity contribution in [1.29, 1.82) is 0 Å². The Balaban J connectivity index is 1.70. The van der Waals surface area contributed by atoms with Gasteiger partial charge >= 0.3 is 0 Å². The van der Waals surface area contributed by atoms with E-state index in [2.05, 4.69) is 31.2 Å². The summed E-state index contributed by atoms with van der Waals surface area (Å²) in [6, 6.07) is 12.7. The van der Waals surface area contributed by atoms with Crippen LogP contribution in [-0.4, -0.2) is 30.0 Å². The number of amides is 1. The molecule has 150 valence electrons. The molecule has 0 aliphatic heterocycles. The zero-order chi connectivity index (χ0) is 21.0. The van der Waals surface area contributed by atoms with Gasteiger partial charge in [-0.3, -0.25) is 9.59 Å². The number of anilines is 1. The van der Waals surface area contributed by atoms with E-state index in [-0.39, 0.29) is 26.7 Å². The largest absolute Gasteiger partial charge is 0.325 e. The first-order chi connectivity index (χ1) is 13.8. The Hall–Kier alpha value is -2.14. The van der Waals surface area contributed by atoms with Crippen molar-refractivity contribution in [2.75, 3.05) is 11.1 Å². The molecular weight excluding hydrogens is 502 g/mol. The molecule has 0 atom stereocenters. The third kappa shape index (κ3) is 5.47. The summed E-state index contributed by atoms with van der Waals surface area (Å²) in [6.07, 6.45) is 0.976. The predicted octanol–water partition coefficient (Wildman–Crippen LogP) is 3.75. The van der Waals surface area contributed by atoms with Gasteiger partial charge in [0, 0.05) is 15.2 Å². The number of aromatic nitrogens is 2. The molecule has 0 spiro atoms. The van der Waals surface area contributed by atoms with Crippen LogP contribution >= 0.6 is 39.3 Å². The Kier molecular flexibility index (Phi) is 6.78. The van der Waals surface area contributed by atoms with E-state index in [1.165, 1.54) is 24.3 Å². The second-order valence-corrected chi connectivity index (χ2v) is 9.92. The van der Waals surface area contributed by atoms with Crippen molar-refractivity contribution in [3.63, 3.8) is 0 Å². The van der Waals surface area contributed by atoms with Crippen molar-refractivity contribution < 1.29 is 13.2 Å². The maximum atomic E-state index is 12.6. The molecule has 0 unspecified atom stereocenters. The molecule has 0 radical (unpaired) electrons. The molecular formula is C18H13BrClN3O4S2. The second kappa shape index (κ2) is 9.12. The smallest absolute Gasteiger partial charge is 0.270 e. The van der Waals surface area contributed by atoms with Gasteiger partial charge in [0.05, 0.1) is 16.8 Å². The standard InChI is InChI=1S/C18H13BrClN3O4S2/c19-11-4-6-13(7-5-11)22-16(24)10-28-18-21-9-15(17(25)23-18)29(26,27)14-3-1-2-12(20)8-14/h1-9H,10H2,(H,22,24)(H,21,23,25). The van der Waals surface area contributed by atoms with Crippen LogP contribution in [-0.2, 0) is 14.6 Å². The average Bonchev–Trinajstić information content (AvgIpc) is 2.68. The van der Waals surface area contributed by atoms with Gasteiger partial charge in [-0.05, 0) is 42.5 Å². The van der Waals surface area contributed by atoms with Crippen LogP contribution in [0.25, 0.3) is 0 Å². The van der Waals surface area contributed by atoms with E-state index in [9.17, 15) is 18.0 Å². The quantitative estimate of drug-likeness (QED) is 0.383. The van der Waals surface area contributed by atoms with Crippen molar-refractivity contribution in [3.8, 4) is 0 Å². The van der Waals surface area contributed by atoms with E-state index in [0.717, 1.165) is 22.4 Å². The number of carbonyl (C=O) groups is 1. The highest BCUT2D eigenvalue weighted by Crippen LogP contribution is 2.21. The Labute approximate surface area is 184 Å². The van der Waals surface area contributed by atoms with Crippen LogP contribution in [0.1, 0.15) is 0 Å². The van der Waals surface area contributed by atoms with Gasteiger partial charge in [0.15, 0.2) is 10.1 Å². The summed E-state index contributed by atoms with van der Waals surface area (Å²) >= 11 is 10.1. The Bertz CT molecular complexity index is 1210. The number of nitrogens with zero attached hydrogens (tertiary/aromatic N) is 1. The van der Waals surface area contributed by atoms with Gasteiger partial charge in [-0.15, -0.1) is 0 Å². The molecule has 0 bridgehead atoms. The first-order valence-electron chi connectivity index (χ1n) is 8.04. The van der Waals surface area contributed by atoms with E-state index < -0.39 is 20.3 Å². The highest BCUT2D eigenvalue weighted by atomic mass is 79.9. The normalized spacial score (nSPS) is 11.2. The van der Waals surface area contributed by atoms with Gasteiger partial charge in [-0.1, -0.05) is 45.4 Å². The van der Waals surface area contributed by atoms with Crippen molar-refractivity contribution in [3.05, 3.63) is 74.6 Å². The number of thioether (sulfide) groups is 1. The monoisotopic (exact) mass is 513 g/mol. The minimum atomic E-state index is -4.07. The Morgan fingerprint density at radius 1 is 1.21 bits per heavy atom.